The van der Waals surface area contributed by atoms with Crippen molar-refractivity contribution in [1.82, 2.24) is 21.3 Å². The van der Waals surface area contributed by atoms with Crippen molar-refractivity contribution in [2.45, 2.75) is 214 Å². The van der Waals surface area contributed by atoms with E-state index in [-0.39, 0.29) is 139 Å². The number of hydrogen-bond donors (Lipinski definition) is 13. The third kappa shape index (κ3) is 33.9. The number of aliphatic imine (C=N–C) groups is 1. The Labute approximate surface area is 502 Å². The number of Topliss-reactive ketones (excluding diaryl/α,β-unsaturated/α-hetero) is 5. The fourth-order valence-electron chi connectivity index (χ4n) is 9.93. The molecule has 85 heavy (non-hydrogen) atoms. The second-order valence-corrected chi connectivity index (χ2v) is 24.1. The van der Waals surface area contributed by atoms with Crippen LogP contribution in [0.5, 0.6) is 0 Å². The molecule has 0 aliphatic rings. The minimum atomic E-state index is -1.50. The molecule has 20 N–H and O–H groups in total. The molecule has 0 aliphatic carbocycles. The molecule has 26 nitrogen and oxygen atoms in total. The number of carbonyl (C=O) groups excluding carboxylic acids is 12. The molecule has 0 aromatic rings. The highest BCUT2D eigenvalue weighted by Crippen LogP contribution is 2.25. The zero-order valence-electron chi connectivity index (χ0n) is 51.8. The van der Waals surface area contributed by atoms with Gasteiger partial charge in [0.15, 0.2) is 29.1 Å². The summed E-state index contributed by atoms with van der Waals surface area (Å²) in [6, 6.07) is -5.08. The van der Waals surface area contributed by atoms with Gasteiger partial charge in [0.05, 0.1) is 36.8 Å². The number of amides is 7. The first-order valence-corrected chi connectivity index (χ1v) is 30.2. The fourth-order valence-corrected chi connectivity index (χ4v) is 9.93. The predicted molar refractivity (Wildman–Crippen MR) is 321 cm³/mol. The third-order valence-corrected chi connectivity index (χ3v) is 14.8. The number of nitrogens with one attached hydrogen (secondary N) is 4. The monoisotopic (exact) mass is 1210 g/mol. The van der Waals surface area contributed by atoms with Crippen molar-refractivity contribution >= 4 is 76.2 Å². The maximum Gasteiger partial charge on any atom is 0.226 e. The summed E-state index contributed by atoms with van der Waals surface area (Å²) in [5.41, 5.74) is 38.9. The van der Waals surface area contributed by atoms with E-state index in [0.29, 0.717) is 25.7 Å². The summed E-state index contributed by atoms with van der Waals surface area (Å²) in [6.45, 7) is 13.6. The van der Waals surface area contributed by atoms with Gasteiger partial charge in [-0.1, -0.05) is 54.9 Å². The minimum absolute atomic E-state index is 0.00102. The zero-order chi connectivity index (χ0) is 65.1. The molecular weight excluding hydrogens is 1100 g/mol. The molecule has 0 heterocycles. The Balaban J connectivity index is 6.92. The van der Waals surface area contributed by atoms with E-state index in [1.54, 1.807) is 6.92 Å². The quantitative estimate of drug-likeness (QED) is 0.0221. The molecule has 0 spiro atoms. The number of primary amides is 3. The fraction of sp³-hybridized carbons (Fsp3) is 0.780. The molecule has 0 aromatic heterocycles. The largest absolute Gasteiger partial charge is 0.396 e. The van der Waals surface area contributed by atoms with Crippen LogP contribution in [0.2, 0.25) is 0 Å². The van der Waals surface area contributed by atoms with Crippen molar-refractivity contribution in [1.29, 1.82) is 0 Å². The summed E-state index contributed by atoms with van der Waals surface area (Å²) < 4.78 is 0. The number of rotatable bonds is 50. The van der Waals surface area contributed by atoms with Gasteiger partial charge < -0.3 is 71.6 Å². The average Bonchev–Trinajstić information content (AvgIpc) is 3.63. The normalized spacial score (nSPS) is 15.4. The molecule has 0 unspecified atom stereocenters. The van der Waals surface area contributed by atoms with Crippen molar-refractivity contribution in [2.75, 3.05) is 26.2 Å². The van der Waals surface area contributed by atoms with E-state index in [1.807, 2.05) is 41.5 Å². The molecule has 26 heteroatoms. The standard InChI is InChI=1S/C59H106N12O14/c1-33(2)24-40(54(64)81)29-50(78)53(37(8)73)71-58(85)42(32-72)31-48(76)43(15-10-12-22-61)69-57(84)41(25-34(3)4)30-49(77)45(26-35(5)6)70-55(82)38(14-9-11-21-60)28-47(75)44(16-13-23-67-59(65)66)68-56(83)39(18-20-52(63)80)27-46(74)36(7)17-19-51(62)79/h33-45,53,72-73H,9-32,60-61H2,1-8H3,(H2,62,79)(H2,63,80)(H2,64,81)(H,68,83)(H,69,84)(H,70,82)(H,71,85)(H4,65,66,67)/t36-,37+,38+,39+,40+,41+,42-,43-,44-,45-,53-/m0/s1. The van der Waals surface area contributed by atoms with E-state index in [2.05, 4.69) is 26.3 Å². The number of guanidine groups is 1. The number of aliphatic hydroxyl groups excluding tert-OH is 2. The summed E-state index contributed by atoms with van der Waals surface area (Å²) in [4.78, 5) is 166. The van der Waals surface area contributed by atoms with Crippen molar-refractivity contribution in [3.8, 4) is 0 Å². The molecule has 0 saturated carbocycles. The molecule has 486 valence electrons. The number of nitrogens with zero attached hydrogens (tertiary/aromatic N) is 1. The van der Waals surface area contributed by atoms with E-state index in [4.69, 9.17) is 40.1 Å². The number of aliphatic hydroxyl groups is 2. The molecule has 0 fully saturated rings. The molecule has 7 amide bonds. The number of nitrogens with two attached hydrogens (primary N) is 7. The molecule has 0 aliphatic heterocycles. The highest BCUT2D eigenvalue weighted by molar-refractivity contribution is 5.98. The highest BCUT2D eigenvalue weighted by atomic mass is 16.3. The van der Waals surface area contributed by atoms with Crippen LogP contribution in [-0.2, 0) is 57.5 Å². The first-order valence-electron chi connectivity index (χ1n) is 30.2. The van der Waals surface area contributed by atoms with Gasteiger partial charge in [0.2, 0.25) is 41.4 Å². The second kappa shape index (κ2) is 42.5. The minimum Gasteiger partial charge on any atom is -0.396 e. The number of hydrogen-bond acceptors (Lipinski definition) is 17. The van der Waals surface area contributed by atoms with E-state index in [9.17, 15) is 67.7 Å². The molecule has 0 rings (SSSR count). The molecular formula is C59H106N12O14. The summed E-state index contributed by atoms with van der Waals surface area (Å²) in [6.07, 6.45) is -1.07. The van der Waals surface area contributed by atoms with Crippen LogP contribution in [0, 0.1) is 53.3 Å². The van der Waals surface area contributed by atoms with E-state index < -0.39 is 150 Å². The van der Waals surface area contributed by atoms with E-state index in [0.717, 1.165) is 0 Å². The van der Waals surface area contributed by atoms with Crippen LogP contribution in [0.1, 0.15) is 184 Å². The first kappa shape index (κ1) is 78.8. The second-order valence-electron chi connectivity index (χ2n) is 24.1. The van der Waals surface area contributed by atoms with Crippen LogP contribution in [0.3, 0.4) is 0 Å². The smallest absolute Gasteiger partial charge is 0.226 e. The summed E-state index contributed by atoms with van der Waals surface area (Å²) in [7, 11) is 0. The maximum absolute atomic E-state index is 14.6. The van der Waals surface area contributed by atoms with Gasteiger partial charge in [-0.3, -0.25) is 62.5 Å². The van der Waals surface area contributed by atoms with Crippen molar-refractivity contribution in [2.24, 2.45) is 98.4 Å². The Morgan fingerprint density at radius 2 is 0.824 bits per heavy atom. The van der Waals surface area contributed by atoms with Crippen LogP contribution in [0.25, 0.3) is 0 Å². The summed E-state index contributed by atoms with van der Waals surface area (Å²) >= 11 is 0. The van der Waals surface area contributed by atoms with Gasteiger partial charge in [-0.05, 0) is 115 Å². The van der Waals surface area contributed by atoms with Crippen molar-refractivity contribution < 1.29 is 67.7 Å². The van der Waals surface area contributed by atoms with Crippen LogP contribution < -0.4 is 61.4 Å². The lowest BCUT2D eigenvalue weighted by Crippen LogP contribution is -2.52. The Morgan fingerprint density at radius 3 is 1.29 bits per heavy atom. The van der Waals surface area contributed by atoms with Crippen LogP contribution in [0.4, 0.5) is 0 Å². The number of carbonyl (C=O) groups is 12. The van der Waals surface area contributed by atoms with Crippen molar-refractivity contribution in [3.05, 3.63) is 0 Å². The van der Waals surface area contributed by atoms with Crippen LogP contribution in [-0.4, -0.2) is 143 Å². The number of unbranched alkanes of at least 4 members (excludes halogenated alkanes) is 2. The predicted octanol–water partition coefficient (Wildman–Crippen LogP) is 0.278. The topological polar surface area (TPSA) is 488 Å². The molecule has 0 bridgehead atoms. The Morgan fingerprint density at radius 1 is 0.424 bits per heavy atom. The van der Waals surface area contributed by atoms with Gasteiger partial charge in [-0.25, -0.2) is 0 Å². The molecule has 0 aromatic carbocycles. The Kier molecular flexibility index (Phi) is 39.4. The van der Waals surface area contributed by atoms with Crippen LogP contribution >= 0.6 is 0 Å². The third-order valence-electron chi connectivity index (χ3n) is 14.8. The first-order chi connectivity index (χ1) is 39.8. The summed E-state index contributed by atoms with van der Waals surface area (Å²) in [5.74, 6) is -14.4. The lowest BCUT2D eigenvalue weighted by Gasteiger charge is -2.28. The maximum atomic E-state index is 14.6. The van der Waals surface area contributed by atoms with Gasteiger partial charge in [0.1, 0.15) is 11.8 Å². The molecule has 0 radical (unpaired) electrons. The lowest BCUT2D eigenvalue weighted by molar-refractivity contribution is -0.137. The zero-order valence-corrected chi connectivity index (χ0v) is 51.8. The average molecular weight is 1210 g/mol. The van der Waals surface area contributed by atoms with Gasteiger partial charge in [-0.2, -0.15) is 0 Å². The number of ketones is 5. The highest BCUT2D eigenvalue weighted by Gasteiger charge is 2.37. The van der Waals surface area contributed by atoms with Gasteiger partial charge in [-0.15, -0.1) is 0 Å². The SMILES string of the molecule is CC(C)C[C@H](CC(=O)[C@@H](NC(=O)[C@H](CO)CC(=O)[C@H](CCCCN)NC(=O)[C@@H](CC(=O)[C@H](CC(C)C)NC(=O)[C@H](CCCCN)CC(=O)[C@H](CCCN=C(N)N)NC(=O)[C@H](CCC(N)=O)CC(=O)[C@@H](C)CCC(N)=O)CC(C)C)[C@@H](C)O)C(N)=O. The molecule has 0 saturated heterocycles. The van der Waals surface area contributed by atoms with Gasteiger partial charge in [0, 0.05) is 81.1 Å². The van der Waals surface area contributed by atoms with E-state index >= 15 is 0 Å². The van der Waals surface area contributed by atoms with Gasteiger partial charge in [0.25, 0.3) is 0 Å². The molecule has 11 atom stereocenters. The van der Waals surface area contributed by atoms with Gasteiger partial charge >= 0.3 is 0 Å². The van der Waals surface area contributed by atoms with E-state index in [1.165, 1.54) is 6.92 Å². The Hall–Kier alpha value is -6.25. The summed E-state index contributed by atoms with van der Waals surface area (Å²) in [5, 5.41) is 31.7. The lowest BCUT2D eigenvalue weighted by atomic mass is 9.86. The Bertz CT molecular complexity index is 2200. The van der Waals surface area contributed by atoms with Crippen LogP contribution in [0.15, 0.2) is 4.99 Å². The van der Waals surface area contributed by atoms with Crippen molar-refractivity contribution in [3.63, 3.8) is 0 Å².